The van der Waals surface area contributed by atoms with Gasteiger partial charge < -0.3 is 15.1 Å². The number of benzene rings is 1. The molecule has 6 aliphatic rings. The third kappa shape index (κ3) is 6.06. The Morgan fingerprint density at radius 1 is 0.925 bits per heavy atom. The number of aromatic carboxylic acids is 1. The van der Waals surface area contributed by atoms with E-state index in [4.69, 9.17) is 0 Å². The van der Waals surface area contributed by atoms with Gasteiger partial charge in [-0.3, -0.25) is 9.69 Å². The van der Waals surface area contributed by atoms with Crippen LogP contribution in [0.4, 0.5) is 0 Å². The standard InChI is InChI=1S/C47H70N2O4/c1-10-47-24-23-46(39(51)29-49(26-25-48(8)9)28-31-11-12-31)27-36(50)40(30(2)3)41(46)35(47)17-18-38-44(6)21-19-34(32-13-15-33(16-14-32)42(52)53)43(4,5)37(44)20-22-45(38,47)7/h13-16,19,30-31,35,37-39,51H,10-12,17-18,20-29H2,1-9H3,(H,52,53)/t35-,37+,38-,39+,44+,45-,46+,47-/m1/s1. The molecule has 4 fully saturated rings. The quantitative estimate of drug-likeness (QED) is 0.224. The number of fused-ring (bicyclic) bond motifs is 7. The van der Waals surface area contributed by atoms with E-state index in [-0.39, 0.29) is 27.6 Å². The molecule has 0 aromatic heterocycles. The van der Waals surface area contributed by atoms with Gasteiger partial charge in [-0.25, -0.2) is 4.79 Å². The van der Waals surface area contributed by atoms with Crippen molar-refractivity contribution in [2.45, 2.75) is 125 Å². The molecular formula is C47H70N2O4. The summed E-state index contributed by atoms with van der Waals surface area (Å²) in [6, 6.07) is 7.55. The Balaban J connectivity index is 1.24. The summed E-state index contributed by atoms with van der Waals surface area (Å²) >= 11 is 0. The van der Waals surface area contributed by atoms with Crippen molar-refractivity contribution in [1.82, 2.24) is 9.80 Å². The van der Waals surface area contributed by atoms with Gasteiger partial charge >= 0.3 is 5.97 Å². The minimum absolute atomic E-state index is 0.0364. The summed E-state index contributed by atoms with van der Waals surface area (Å²) in [7, 11) is 4.27. The van der Waals surface area contributed by atoms with Crippen LogP contribution in [-0.2, 0) is 4.79 Å². The fraction of sp³-hybridized carbons (Fsp3) is 0.745. The van der Waals surface area contributed by atoms with Crippen molar-refractivity contribution in [2.24, 2.45) is 56.7 Å². The van der Waals surface area contributed by atoms with Gasteiger partial charge in [-0.2, -0.15) is 0 Å². The number of aliphatic hydroxyl groups is 1. The van der Waals surface area contributed by atoms with E-state index in [1.54, 1.807) is 12.1 Å². The highest BCUT2D eigenvalue weighted by Gasteiger charge is 2.71. The van der Waals surface area contributed by atoms with Crippen LogP contribution in [0.3, 0.4) is 0 Å². The molecule has 1 aromatic rings. The highest BCUT2D eigenvalue weighted by Crippen LogP contribution is 2.78. The maximum Gasteiger partial charge on any atom is 0.335 e. The lowest BCUT2D eigenvalue weighted by Gasteiger charge is -2.72. The normalized spacial score (nSPS) is 37.0. The zero-order valence-electron chi connectivity index (χ0n) is 34.6. The number of hydrogen-bond acceptors (Lipinski definition) is 5. The maximum atomic E-state index is 14.3. The van der Waals surface area contributed by atoms with Crippen molar-refractivity contribution in [1.29, 1.82) is 0 Å². The van der Waals surface area contributed by atoms with Crippen LogP contribution in [0.1, 0.15) is 135 Å². The van der Waals surface area contributed by atoms with Gasteiger partial charge in [0.25, 0.3) is 0 Å². The number of rotatable bonds is 12. The van der Waals surface area contributed by atoms with E-state index in [2.05, 4.69) is 78.4 Å². The average molecular weight is 727 g/mol. The first-order chi connectivity index (χ1) is 24.9. The number of nitrogens with zero attached hydrogens (tertiary/aromatic N) is 2. The van der Waals surface area contributed by atoms with Crippen LogP contribution >= 0.6 is 0 Å². The number of Topliss-reactive ketones (excluding diaryl/α,β-unsaturated/α-hetero) is 1. The van der Waals surface area contributed by atoms with Crippen LogP contribution in [0.25, 0.3) is 5.57 Å². The van der Waals surface area contributed by atoms with Gasteiger partial charge in [0.15, 0.2) is 5.78 Å². The minimum Gasteiger partial charge on any atom is -0.478 e. The molecule has 0 saturated heterocycles. The Kier molecular flexibility index (Phi) is 10.1. The molecule has 7 rings (SSSR count). The van der Waals surface area contributed by atoms with Crippen molar-refractivity contribution in [2.75, 3.05) is 40.3 Å². The lowest BCUT2D eigenvalue weighted by Crippen LogP contribution is -2.65. The van der Waals surface area contributed by atoms with Crippen LogP contribution in [0.15, 0.2) is 41.5 Å². The number of carbonyl (C=O) groups is 2. The summed E-state index contributed by atoms with van der Waals surface area (Å²) in [6.45, 7) is 20.8. The molecule has 2 N–H and O–H groups in total. The second-order valence-electron chi connectivity index (χ2n) is 20.4. The number of allylic oxidation sites excluding steroid dienone is 3. The summed E-state index contributed by atoms with van der Waals surface area (Å²) in [6.07, 6.45) is 13.9. The van der Waals surface area contributed by atoms with Crippen LogP contribution in [0, 0.1) is 56.7 Å². The fourth-order valence-electron chi connectivity index (χ4n) is 14.3. The van der Waals surface area contributed by atoms with Gasteiger partial charge in [-0.05, 0) is 158 Å². The largest absolute Gasteiger partial charge is 0.478 e. The SMILES string of the molecule is CC[C@@]12CC[C@@]3([C@@H](O)CN(CCN(C)C)CC4CC4)CC(=O)C(C(C)C)=C3[C@H]1CC[C@@H]1[C@@]3(C)CC=C(c4ccc(C(=O)O)cc4)C(C)(C)[C@@H]3CC[C@]12C. The van der Waals surface area contributed by atoms with E-state index in [9.17, 15) is 19.8 Å². The summed E-state index contributed by atoms with van der Waals surface area (Å²) in [5, 5.41) is 22.1. The van der Waals surface area contributed by atoms with E-state index in [1.807, 2.05) is 12.1 Å². The third-order valence-electron chi connectivity index (χ3n) is 16.9. The molecular weight excluding hydrogens is 657 g/mol. The monoisotopic (exact) mass is 727 g/mol. The molecule has 0 aliphatic heterocycles. The van der Waals surface area contributed by atoms with E-state index in [1.165, 1.54) is 43.3 Å². The number of carboxylic acids is 1. The van der Waals surface area contributed by atoms with Crippen molar-refractivity contribution < 1.29 is 19.8 Å². The number of hydrogen-bond donors (Lipinski definition) is 2. The Labute approximate surface area is 320 Å². The lowest BCUT2D eigenvalue weighted by molar-refractivity contribution is -0.208. The van der Waals surface area contributed by atoms with Gasteiger partial charge in [0.05, 0.1) is 11.7 Å². The first-order valence-electron chi connectivity index (χ1n) is 21.3. The molecule has 0 amide bonds. The molecule has 8 atom stereocenters. The molecule has 0 radical (unpaired) electrons. The van der Waals surface area contributed by atoms with Gasteiger partial charge in [-0.15, -0.1) is 0 Å². The van der Waals surface area contributed by atoms with Crippen molar-refractivity contribution in [3.8, 4) is 0 Å². The van der Waals surface area contributed by atoms with Crippen molar-refractivity contribution in [3.05, 3.63) is 52.6 Å². The third-order valence-corrected chi connectivity index (χ3v) is 16.9. The summed E-state index contributed by atoms with van der Waals surface area (Å²) in [5.41, 5.74) is 5.27. The van der Waals surface area contributed by atoms with Crippen LogP contribution in [-0.4, -0.2) is 78.1 Å². The van der Waals surface area contributed by atoms with E-state index >= 15 is 0 Å². The van der Waals surface area contributed by atoms with E-state index in [0.717, 1.165) is 68.8 Å². The van der Waals surface area contributed by atoms with Gasteiger partial charge in [0.2, 0.25) is 0 Å². The number of aliphatic hydroxyl groups excluding tert-OH is 1. The fourth-order valence-corrected chi connectivity index (χ4v) is 14.3. The molecule has 0 heterocycles. The number of carbonyl (C=O) groups excluding carboxylic acids is 1. The summed E-state index contributed by atoms with van der Waals surface area (Å²) in [5.74, 6) is 1.81. The molecule has 53 heavy (non-hydrogen) atoms. The Hall–Kier alpha value is -2.28. The molecule has 6 nitrogen and oxygen atoms in total. The van der Waals surface area contributed by atoms with Gasteiger partial charge in [0.1, 0.15) is 0 Å². The minimum atomic E-state index is -0.878. The Bertz CT molecular complexity index is 1650. The van der Waals surface area contributed by atoms with E-state index < -0.39 is 17.5 Å². The second kappa shape index (κ2) is 13.7. The van der Waals surface area contributed by atoms with Crippen LogP contribution in [0.5, 0.6) is 0 Å². The molecule has 6 heteroatoms. The highest BCUT2D eigenvalue weighted by atomic mass is 16.4. The second-order valence-corrected chi connectivity index (χ2v) is 20.4. The number of likely N-dealkylation sites (N-methyl/N-ethyl adjacent to an activating group) is 1. The van der Waals surface area contributed by atoms with Crippen LogP contribution < -0.4 is 0 Å². The molecule has 1 aromatic carbocycles. The zero-order chi connectivity index (χ0) is 38.3. The number of ketones is 1. The summed E-state index contributed by atoms with van der Waals surface area (Å²) in [4.78, 5) is 30.7. The first-order valence-corrected chi connectivity index (χ1v) is 21.3. The molecule has 292 valence electrons. The molecule has 0 spiro atoms. The molecule has 0 bridgehead atoms. The van der Waals surface area contributed by atoms with E-state index in [0.29, 0.717) is 42.1 Å². The molecule has 6 aliphatic carbocycles. The van der Waals surface area contributed by atoms with Gasteiger partial charge in [0, 0.05) is 38.0 Å². The van der Waals surface area contributed by atoms with Crippen LogP contribution in [0.2, 0.25) is 0 Å². The predicted octanol–water partition coefficient (Wildman–Crippen LogP) is 9.38. The Morgan fingerprint density at radius 3 is 2.23 bits per heavy atom. The first kappa shape index (κ1) is 39.0. The summed E-state index contributed by atoms with van der Waals surface area (Å²) < 4.78 is 0. The predicted molar refractivity (Wildman–Crippen MR) is 215 cm³/mol. The lowest BCUT2D eigenvalue weighted by atomic mass is 9.32. The number of carboxylic acid groups (broad SMARTS) is 1. The van der Waals surface area contributed by atoms with Gasteiger partial charge in [-0.1, -0.05) is 72.2 Å². The zero-order valence-corrected chi connectivity index (χ0v) is 34.6. The highest BCUT2D eigenvalue weighted by molar-refractivity contribution is 6.00. The Morgan fingerprint density at radius 2 is 1.62 bits per heavy atom. The van der Waals surface area contributed by atoms with Crippen molar-refractivity contribution in [3.63, 3.8) is 0 Å². The smallest absolute Gasteiger partial charge is 0.335 e. The van der Waals surface area contributed by atoms with Crippen molar-refractivity contribution >= 4 is 17.3 Å². The average Bonchev–Trinajstić information content (AvgIpc) is 3.85. The maximum absolute atomic E-state index is 14.3. The topological polar surface area (TPSA) is 81.1 Å². The molecule has 4 saturated carbocycles. The molecule has 0 unspecified atom stereocenters.